The minimum absolute atomic E-state index is 0.179. The van der Waals surface area contributed by atoms with Crippen molar-refractivity contribution in [3.8, 4) is 0 Å². The van der Waals surface area contributed by atoms with Crippen molar-refractivity contribution in [3.05, 3.63) is 0 Å². The number of carbonyl (C=O) groups excluding carboxylic acids is 2. The monoisotopic (exact) mass is 242 g/mol. The standard InChI is InChI=1S/C14H26O3/c1-8-17-12(16)10(2)14(6,7)9-11(15)13(3,4)5/h10H,8-9H2,1-7H3. The Hall–Kier alpha value is -0.860. The first-order chi connectivity index (χ1) is 7.52. The average Bonchev–Trinajstić information content (AvgIpc) is 2.14. The van der Waals surface area contributed by atoms with Crippen LogP contribution in [0.3, 0.4) is 0 Å². The van der Waals surface area contributed by atoms with Gasteiger partial charge >= 0.3 is 5.97 Å². The van der Waals surface area contributed by atoms with Crippen molar-refractivity contribution in [3.63, 3.8) is 0 Å². The molecule has 0 aromatic carbocycles. The van der Waals surface area contributed by atoms with Crippen LogP contribution in [0, 0.1) is 16.7 Å². The number of ether oxygens (including phenoxy) is 1. The lowest BCUT2D eigenvalue weighted by atomic mass is 9.72. The van der Waals surface area contributed by atoms with E-state index >= 15 is 0 Å². The summed E-state index contributed by atoms with van der Waals surface area (Å²) < 4.78 is 5.01. The number of hydrogen-bond acceptors (Lipinski definition) is 3. The summed E-state index contributed by atoms with van der Waals surface area (Å²) in [6.07, 6.45) is 0.399. The van der Waals surface area contributed by atoms with Gasteiger partial charge in [-0.1, -0.05) is 41.5 Å². The fourth-order valence-corrected chi connectivity index (χ4v) is 1.42. The smallest absolute Gasteiger partial charge is 0.309 e. The molecule has 0 saturated carbocycles. The lowest BCUT2D eigenvalue weighted by Crippen LogP contribution is -2.35. The summed E-state index contributed by atoms with van der Waals surface area (Å²) in [5.74, 6) is -0.313. The second-order valence-electron chi connectivity index (χ2n) is 6.31. The predicted octanol–water partition coefficient (Wildman–Crippen LogP) is 3.22. The van der Waals surface area contributed by atoms with Gasteiger partial charge in [-0.2, -0.15) is 0 Å². The molecule has 3 heteroatoms. The highest BCUT2D eigenvalue weighted by Crippen LogP contribution is 2.34. The van der Waals surface area contributed by atoms with E-state index in [0.717, 1.165) is 0 Å². The van der Waals surface area contributed by atoms with Gasteiger partial charge < -0.3 is 4.74 Å². The normalized spacial score (nSPS) is 14.3. The molecule has 0 spiro atoms. The van der Waals surface area contributed by atoms with Crippen molar-refractivity contribution < 1.29 is 14.3 Å². The molecule has 0 bridgehead atoms. The van der Waals surface area contributed by atoms with Crippen molar-refractivity contribution in [1.29, 1.82) is 0 Å². The maximum atomic E-state index is 12.0. The second kappa shape index (κ2) is 5.65. The minimum Gasteiger partial charge on any atom is -0.466 e. The predicted molar refractivity (Wildman–Crippen MR) is 68.7 cm³/mol. The lowest BCUT2D eigenvalue weighted by Gasteiger charge is -2.32. The molecule has 0 saturated heterocycles. The van der Waals surface area contributed by atoms with Gasteiger partial charge in [-0.15, -0.1) is 0 Å². The van der Waals surface area contributed by atoms with E-state index in [1.165, 1.54) is 0 Å². The Bertz CT molecular complexity index is 284. The fraction of sp³-hybridized carbons (Fsp3) is 0.857. The number of esters is 1. The third kappa shape index (κ3) is 4.88. The SMILES string of the molecule is CCOC(=O)C(C)C(C)(C)CC(=O)C(C)(C)C. The Morgan fingerprint density at radius 3 is 1.94 bits per heavy atom. The van der Waals surface area contributed by atoms with Gasteiger partial charge in [0.05, 0.1) is 12.5 Å². The number of hydrogen-bond donors (Lipinski definition) is 0. The van der Waals surface area contributed by atoms with E-state index in [9.17, 15) is 9.59 Å². The van der Waals surface area contributed by atoms with Crippen LogP contribution in [-0.4, -0.2) is 18.4 Å². The summed E-state index contributed by atoms with van der Waals surface area (Å²) in [6, 6.07) is 0. The number of Topliss-reactive ketones (excluding diaryl/α,β-unsaturated/α-hetero) is 1. The number of ketones is 1. The second-order valence-corrected chi connectivity index (χ2v) is 6.31. The van der Waals surface area contributed by atoms with Crippen LogP contribution in [0.25, 0.3) is 0 Å². The van der Waals surface area contributed by atoms with Gasteiger partial charge in [-0.3, -0.25) is 9.59 Å². The molecule has 1 atom stereocenters. The van der Waals surface area contributed by atoms with Crippen molar-refractivity contribution in [1.82, 2.24) is 0 Å². The summed E-state index contributed by atoms with van der Waals surface area (Å²) >= 11 is 0. The average molecular weight is 242 g/mol. The van der Waals surface area contributed by atoms with E-state index in [2.05, 4.69) is 0 Å². The van der Waals surface area contributed by atoms with Crippen molar-refractivity contribution >= 4 is 11.8 Å². The molecule has 0 heterocycles. The summed E-state index contributed by atoms with van der Waals surface area (Å²) in [5, 5.41) is 0. The molecule has 0 aromatic heterocycles. The van der Waals surface area contributed by atoms with Crippen LogP contribution in [0.2, 0.25) is 0 Å². The summed E-state index contributed by atoms with van der Waals surface area (Å²) in [5.41, 5.74) is -0.720. The summed E-state index contributed by atoms with van der Waals surface area (Å²) in [4.78, 5) is 23.7. The highest BCUT2D eigenvalue weighted by atomic mass is 16.5. The van der Waals surface area contributed by atoms with Crippen LogP contribution in [0.15, 0.2) is 0 Å². The molecule has 0 N–H and O–H groups in total. The van der Waals surface area contributed by atoms with Gasteiger partial charge in [-0.25, -0.2) is 0 Å². The minimum atomic E-state index is -0.364. The highest BCUT2D eigenvalue weighted by molar-refractivity contribution is 5.85. The maximum Gasteiger partial charge on any atom is 0.309 e. The van der Waals surface area contributed by atoms with E-state index in [1.807, 2.05) is 41.5 Å². The first kappa shape index (κ1) is 16.1. The van der Waals surface area contributed by atoms with Crippen molar-refractivity contribution in [2.24, 2.45) is 16.7 Å². The van der Waals surface area contributed by atoms with Gasteiger partial charge in [0.2, 0.25) is 0 Å². The Labute approximate surface area is 105 Å². The zero-order chi connectivity index (χ0) is 13.9. The first-order valence-electron chi connectivity index (χ1n) is 6.22. The van der Waals surface area contributed by atoms with Gasteiger partial charge in [0.25, 0.3) is 0 Å². The molecular formula is C14H26O3. The largest absolute Gasteiger partial charge is 0.466 e. The summed E-state index contributed by atoms with van der Waals surface area (Å²) in [7, 11) is 0. The molecular weight excluding hydrogens is 216 g/mol. The van der Waals surface area contributed by atoms with E-state index in [4.69, 9.17) is 4.74 Å². The number of carbonyl (C=O) groups is 2. The molecule has 0 rings (SSSR count). The molecule has 0 amide bonds. The van der Waals surface area contributed by atoms with Crippen LogP contribution in [0.1, 0.15) is 54.9 Å². The van der Waals surface area contributed by atoms with Crippen molar-refractivity contribution in [2.45, 2.75) is 54.9 Å². The first-order valence-corrected chi connectivity index (χ1v) is 6.22. The quantitative estimate of drug-likeness (QED) is 0.695. The van der Waals surface area contributed by atoms with Crippen LogP contribution >= 0.6 is 0 Å². The summed E-state index contributed by atoms with van der Waals surface area (Å²) in [6.45, 7) is 13.6. The topological polar surface area (TPSA) is 43.4 Å². The molecule has 0 aliphatic heterocycles. The molecule has 0 aromatic rings. The highest BCUT2D eigenvalue weighted by Gasteiger charge is 2.36. The lowest BCUT2D eigenvalue weighted by molar-refractivity contribution is -0.152. The third-order valence-corrected chi connectivity index (χ3v) is 3.27. The van der Waals surface area contributed by atoms with Crippen molar-refractivity contribution in [2.75, 3.05) is 6.61 Å². The Morgan fingerprint density at radius 2 is 1.59 bits per heavy atom. The zero-order valence-corrected chi connectivity index (χ0v) is 12.2. The molecule has 0 radical (unpaired) electrons. The molecule has 0 fully saturated rings. The number of rotatable bonds is 5. The molecule has 0 aliphatic rings. The Balaban J connectivity index is 4.68. The maximum absolute atomic E-state index is 12.0. The van der Waals surface area contributed by atoms with Gasteiger partial charge in [0.1, 0.15) is 5.78 Å². The van der Waals surface area contributed by atoms with Gasteiger partial charge in [-0.05, 0) is 12.3 Å². The fourth-order valence-electron chi connectivity index (χ4n) is 1.42. The molecule has 0 aliphatic carbocycles. The Morgan fingerprint density at radius 1 is 1.12 bits per heavy atom. The van der Waals surface area contributed by atoms with Gasteiger partial charge in [0, 0.05) is 11.8 Å². The molecule has 3 nitrogen and oxygen atoms in total. The van der Waals surface area contributed by atoms with Crippen LogP contribution in [-0.2, 0) is 14.3 Å². The zero-order valence-electron chi connectivity index (χ0n) is 12.2. The van der Waals surface area contributed by atoms with E-state index in [-0.39, 0.29) is 28.5 Å². The molecule has 17 heavy (non-hydrogen) atoms. The van der Waals surface area contributed by atoms with Gasteiger partial charge in [0.15, 0.2) is 0 Å². The van der Waals surface area contributed by atoms with Crippen LogP contribution in [0.4, 0.5) is 0 Å². The van der Waals surface area contributed by atoms with Crippen LogP contribution < -0.4 is 0 Å². The van der Waals surface area contributed by atoms with E-state index in [1.54, 1.807) is 6.92 Å². The Kier molecular flexibility index (Phi) is 5.37. The van der Waals surface area contributed by atoms with E-state index < -0.39 is 0 Å². The molecule has 1 unspecified atom stereocenters. The molecule has 100 valence electrons. The third-order valence-electron chi connectivity index (χ3n) is 3.27. The van der Waals surface area contributed by atoms with Crippen LogP contribution in [0.5, 0.6) is 0 Å². The van der Waals surface area contributed by atoms with E-state index in [0.29, 0.717) is 13.0 Å².